The van der Waals surface area contributed by atoms with E-state index in [0.29, 0.717) is 18.4 Å². The van der Waals surface area contributed by atoms with Gasteiger partial charge in [-0.3, -0.25) is 9.78 Å². The smallest absolute Gasteiger partial charge is 0.253 e. The van der Waals surface area contributed by atoms with Crippen molar-refractivity contribution in [3.05, 3.63) is 65.2 Å². The SMILES string of the molecule is O=C(NC1CCS(=O)(=O)C1)c1cncc(Cc2ccc(F)cc2)c1. The van der Waals surface area contributed by atoms with Gasteiger partial charge in [0.1, 0.15) is 5.82 Å². The molecule has 1 aliphatic rings. The maximum absolute atomic E-state index is 12.9. The van der Waals surface area contributed by atoms with Crippen molar-refractivity contribution in [3.63, 3.8) is 0 Å². The van der Waals surface area contributed by atoms with Crippen LogP contribution in [0.3, 0.4) is 0 Å². The summed E-state index contributed by atoms with van der Waals surface area (Å²) in [5.74, 6) is -0.524. The Labute approximate surface area is 139 Å². The van der Waals surface area contributed by atoms with Crippen LogP contribution in [0.1, 0.15) is 27.9 Å². The van der Waals surface area contributed by atoms with Gasteiger partial charge in [-0.15, -0.1) is 0 Å². The molecule has 0 saturated carbocycles. The number of nitrogens with one attached hydrogen (secondary N) is 1. The normalized spacial score (nSPS) is 19.1. The van der Waals surface area contributed by atoms with Gasteiger partial charge < -0.3 is 5.32 Å². The van der Waals surface area contributed by atoms with Crippen molar-refractivity contribution >= 4 is 15.7 Å². The maximum Gasteiger partial charge on any atom is 0.253 e. The Morgan fingerprint density at radius 3 is 2.62 bits per heavy atom. The van der Waals surface area contributed by atoms with Crippen molar-refractivity contribution in [1.82, 2.24) is 10.3 Å². The van der Waals surface area contributed by atoms with Gasteiger partial charge in [-0.05, 0) is 42.2 Å². The summed E-state index contributed by atoms with van der Waals surface area (Å²) >= 11 is 0. The summed E-state index contributed by atoms with van der Waals surface area (Å²) in [5.41, 5.74) is 2.13. The van der Waals surface area contributed by atoms with Crippen LogP contribution in [0.2, 0.25) is 0 Å². The van der Waals surface area contributed by atoms with Gasteiger partial charge in [0.25, 0.3) is 5.91 Å². The van der Waals surface area contributed by atoms with E-state index < -0.39 is 9.84 Å². The minimum Gasteiger partial charge on any atom is -0.348 e. The van der Waals surface area contributed by atoms with E-state index in [9.17, 15) is 17.6 Å². The van der Waals surface area contributed by atoms with E-state index in [1.165, 1.54) is 18.3 Å². The second-order valence-corrected chi connectivity index (χ2v) is 8.19. The van der Waals surface area contributed by atoms with Crippen molar-refractivity contribution < 1.29 is 17.6 Å². The largest absolute Gasteiger partial charge is 0.348 e. The number of carbonyl (C=O) groups is 1. The predicted molar refractivity (Wildman–Crippen MR) is 88.0 cm³/mol. The third-order valence-corrected chi connectivity index (χ3v) is 5.71. The Morgan fingerprint density at radius 1 is 1.21 bits per heavy atom. The molecule has 0 aliphatic carbocycles. The number of rotatable bonds is 4. The molecule has 5 nitrogen and oxygen atoms in total. The molecule has 2 aromatic rings. The van der Waals surface area contributed by atoms with Crippen molar-refractivity contribution in [3.8, 4) is 0 Å². The van der Waals surface area contributed by atoms with Crippen molar-refractivity contribution in [1.29, 1.82) is 0 Å². The van der Waals surface area contributed by atoms with Crippen molar-refractivity contribution in [2.75, 3.05) is 11.5 Å². The van der Waals surface area contributed by atoms with Crippen LogP contribution in [-0.4, -0.2) is 36.9 Å². The van der Waals surface area contributed by atoms with Crippen LogP contribution in [0, 0.1) is 5.82 Å². The molecule has 1 aromatic carbocycles. The third-order valence-electron chi connectivity index (χ3n) is 3.95. The van der Waals surface area contributed by atoms with E-state index in [0.717, 1.165) is 11.1 Å². The molecule has 2 heterocycles. The summed E-state index contributed by atoms with van der Waals surface area (Å²) in [6, 6.07) is 7.52. The molecule has 0 bridgehead atoms. The summed E-state index contributed by atoms with van der Waals surface area (Å²) in [6.07, 6.45) is 4.08. The van der Waals surface area contributed by atoms with E-state index in [2.05, 4.69) is 10.3 Å². The fourth-order valence-electron chi connectivity index (χ4n) is 2.72. The summed E-state index contributed by atoms with van der Waals surface area (Å²) in [5, 5.41) is 2.74. The highest BCUT2D eigenvalue weighted by Gasteiger charge is 2.29. The first-order valence-electron chi connectivity index (χ1n) is 7.61. The molecule has 1 saturated heterocycles. The first kappa shape index (κ1) is 16.6. The molecule has 1 unspecified atom stereocenters. The minimum absolute atomic E-state index is 0.0125. The van der Waals surface area contributed by atoms with Crippen LogP contribution < -0.4 is 5.32 Å². The van der Waals surface area contributed by atoms with Crippen molar-refractivity contribution in [2.24, 2.45) is 0 Å². The molecule has 3 rings (SSSR count). The number of nitrogens with zero attached hydrogens (tertiary/aromatic N) is 1. The highest BCUT2D eigenvalue weighted by molar-refractivity contribution is 7.91. The summed E-state index contributed by atoms with van der Waals surface area (Å²) in [7, 11) is -3.04. The Kier molecular flexibility index (Phi) is 4.62. The molecular weight excluding hydrogens is 331 g/mol. The summed E-state index contributed by atoms with van der Waals surface area (Å²) in [6.45, 7) is 0. The van der Waals surface area contributed by atoms with E-state index in [4.69, 9.17) is 0 Å². The Bertz CT molecular complexity index is 850. The highest BCUT2D eigenvalue weighted by Crippen LogP contribution is 2.14. The van der Waals surface area contributed by atoms with E-state index in [-0.39, 0.29) is 29.3 Å². The fraction of sp³-hybridized carbons (Fsp3) is 0.294. The second-order valence-electron chi connectivity index (χ2n) is 5.96. The van der Waals surface area contributed by atoms with Gasteiger partial charge in [0.15, 0.2) is 9.84 Å². The monoisotopic (exact) mass is 348 g/mol. The Hall–Kier alpha value is -2.28. The molecule has 0 spiro atoms. The quantitative estimate of drug-likeness (QED) is 0.913. The number of aromatic nitrogens is 1. The van der Waals surface area contributed by atoms with Gasteiger partial charge >= 0.3 is 0 Å². The van der Waals surface area contributed by atoms with Crippen LogP contribution in [0.25, 0.3) is 0 Å². The topological polar surface area (TPSA) is 76.1 Å². The van der Waals surface area contributed by atoms with Gasteiger partial charge in [0, 0.05) is 18.4 Å². The molecule has 1 atom stereocenters. The van der Waals surface area contributed by atoms with Gasteiger partial charge in [-0.2, -0.15) is 0 Å². The second kappa shape index (κ2) is 6.68. The zero-order chi connectivity index (χ0) is 17.2. The zero-order valence-electron chi connectivity index (χ0n) is 12.9. The average molecular weight is 348 g/mol. The van der Waals surface area contributed by atoms with Gasteiger partial charge in [0.05, 0.1) is 17.1 Å². The molecule has 1 N–H and O–H groups in total. The molecule has 1 fully saturated rings. The lowest BCUT2D eigenvalue weighted by atomic mass is 10.0. The third kappa shape index (κ3) is 4.17. The molecule has 24 heavy (non-hydrogen) atoms. The van der Waals surface area contributed by atoms with E-state index in [1.807, 2.05) is 0 Å². The highest BCUT2D eigenvalue weighted by atomic mass is 32.2. The fourth-order valence-corrected chi connectivity index (χ4v) is 4.40. The molecule has 1 aliphatic heterocycles. The lowest BCUT2D eigenvalue weighted by molar-refractivity contribution is 0.0940. The van der Waals surface area contributed by atoms with Crippen LogP contribution in [0.5, 0.6) is 0 Å². The van der Waals surface area contributed by atoms with Crippen molar-refractivity contribution in [2.45, 2.75) is 18.9 Å². The number of pyridine rings is 1. The molecule has 0 radical (unpaired) electrons. The minimum atomic E-state index is -3.04. The van der Waals surface area contributed by atoms with E-state index in [1.54, 1.807) is 24.4 Å². The lowest BCUT2D eigenvalue weighted by Gasteiger charge is -2.11. The number of sulfone groups is 1. The van der Waals surface area contributed by atoms with Crippen LogP contribution in [-0.2, 0) is 16.3 Å². The molecule has 7 heteroatoms. The standard InChI is InChI=1S/C17H17FN2O3S/c18-15-3-1-12(2-4-15)7-13-8-14(10-19-9-13)17(21)20-16-5-6-24(22,23)11-16/h1-4,8-10,16H,5-7,11H2,(H,20,21). The molecule has 126 valence electrons. The van der Waals surface area contributed by atoms with Crippen LogP contribution in [0.15, 0.2) is 42.7 Å². The number of hydrogen-bond donors (Lipinski definition) is 1. The average Bonchev–Trinajstić information content (AvgIpc) is 2.88. The van der Waals surface area contributed by atoms with E-state index >= 15 is 0 Å². The van der Waals surface area contributed by atoms with Gasteiger partial charge in [-0.25, -0.2) is 12.8 Å². The number of carbonyl (C=O) groups excluding carboxylic acids is 1. The predicted octanol–water partition coefficient (Wildman–Crippen LogP) is 1.73. The Balaban J connectivity index is 1.68. The molecule has 1 aromatic heterocycles. The van der Waals surface area contributed by atoms with Crippen LogP contribution in [0.4, 0.5) is 4.39 Å². The number of halogens is 1. The van der Waals surface area contributed by atoms with Gasteiger partial charge in [-0.1, -0.05) is 12.1 Å². The first-order valence-corrected chi connectivity index (χ1v) is 9.43. The van der Waals surface area contributed by atoms with Crippen LogP contribution >= 0.6 is 0 Å². The number of hydrogen-bond acceptors (Lipinski definition) is 4. The van der Waals surface area contributed by atoms with Gasteiger partial charge in [0.2, 0.25) is 0 Å². The number of benzene rings is 1. The first-order chi connectivity index (χ1) is 11.4. The maximum atomic E-state index is 12.9. The molecule has 1 amide bonds. The lowest BCUT2D eigenvalue weighted by Crippen LogP contribution is -2.35. The Morgan fingerprint density at radius 2 is 1.96 bits per heavy atom. The molecular formula is C17H17FN2O3S. The zero-order valence-corrected chi connectivity index (χ0v) is 13.7. The summed E-state index contributed by atoms with van der Waals surface area (Å²) < 4.78 is 35.8. The number of amides is 1. The summed E-state index contributed by atoms with van der Waals surface area (Å²) in [4.78, 5) is 16.3.